The molecule has 1 aliphatic carbocycles. The van der Waals surface area contributed by atoms with Crippen LogP contribution in [0.2, 0.25) is 0 Å². The lowest BCUT2D eigenvalue weighted by molar-refractivity contribution is -0.139. The summed E-state index contributed by atoms with van der Waals surface area (Å²) in [7, 11) is 1.87. The quantitative estimate of drug-likeness (QED) is 0.801. The molecule has 1 aromatic rings. The lowest BCUT2D eigenvalue weighted by atomic mass is 9.71. The average Bonchev–Trinajstić information content (AvgIpc) is 2.92. The van der Waals surface area contributed by atoms with E-state index in [1.54, 1.807) is 13.1 Å². The number of Topliss-reactive ketones (excluding diaryl/α,β-unsaturated/α-hetero) is 1. The van der Waals surface area contributed by atoms with Gasteiger partial charge >= 0.3 is 5.97 Å². The highest BCUT2D eigenvalue weighted by Gasteiger charge is 2.45. The molecule has 1 saturated carbocycles. The van der Waals surface area contributed by atoms with Crippen LogP contribution in [0.4, 0.5) is 0 Å². The fourth-order valence-electron chi connectivity index (χ4n) is 3.55. The standard InChI is InChI=1S/C17H21N3O3/c1-4-23-17(22)13-10(2)19-11-6-5-7-12(21)14(11)15(13)16-18-8-9-20(16)3/h8-9,14-15H,4-7H2,1-3H3. The highest BCUT2D eigenvalue weighted by Crippen LogP contribution is 2.42. The van der Waals surface area contributed by atoms with Gasteiger partial charge in [-0.05, 0) is 26.7 Å². The maximum atomic E-state index is 12.6. The fourth-order valence-corrected chi connectivity index (χ4v) is 3.55. The number of aryl methyl sites for hydroxylation is 1. The van der Waals surface area contributed by atoms with E-state index in [1.807, 2.05) is 24.7 Å². The number of hydrogen-bond acceptors (Lipinski definition) is 5. The number of aliphatic imine (C=N–C) groups is 1. The molecule has 2 aliphatic rings. The van der Waals surface area contributed by atoms with Crippen LogP contribution in [0.15, 0.2) is 28.7 Å². The molecule has 0 spiro atoms. The number of fused-ring (bicyclic) bond motifs is 1. The Hall–Kier alpha value is -2.24. The molecule has 6 heteroatoms. The zero-order valence-corrected chi connectivity index (χ0v) is 13.7. The van der Waals surface area contributed by atoms with E-state index in [1.165, 1.54) is 0 Å². The molecule has 23 heavy (non-hydrogen) atoms. The van der Waals surface area contributed by atoms with Crippen molar-refractivity contribution >= 4 is 17.5 Å². The van der Waals surface area contributed by atoms with E-state index < -0.39 is 17.8 Å². The van der Waals surface area contributed by atoms with Gasteiger partial charge in [0.1, 0.15) is 11.6 Å². The number of hydrogen-bond donors (Lipinski definition) is 0. The minimum Gasteiger partial charge on any atom is -0.463 e. The summed E-state index contributed by atoms with van der Waals surface area (Å²) in [4.78, 5) is 34.1. The first-order valence-corrected chi connectivity index (χ1v) is 7.99. The molecule has 2 atom stereocenters. The summed E-state index contributed by atoms with van der Waals surface area (Å²) < 4.78 is 7.08. The first kappa shape index (κ1) is 15.6. The van der Waals surface area contributed by atoms with Gasteiger partial charge in [0, 0.05) is 37.3 Å². The van der Waals surface area contributed by atoms with Crippen LogP contribution in [0.5, 0.6) is 0 Å². The van der Waals surface area contributed by atoms with E-state index in [0.717, 1.165) is 18.6 Å². The summed E-state index contributed by atoms with van der Waals surface area (Å²) in [6, 6.07) is 0. The first-order valence-electron chi connectivity index (χ1n) is 7.99. The van der Waals surface area contributed by atoms with Crippen LogP contribution in [0.1, 0.15) is 44.9 Å². The maximum absolute atomic E-state index is 12.6. The summed E-state index contributed by atoms with van der Waals surface area (Å²) in [6.07, 6.45) is 5.66. The van der Waals surface area contributed by atoms with Crippen molar-refractivity contribution in [1.82, 2.24) is 9.55 Å². The lowest BCUT2D eigenvalue weighted by Crippen LogP contribution is -2.40. The van der Waals surface area contributed by atoms with Gasteiger partial charge in [0.25, 0.3) is 0 Å². The highest BCUT2D eigenvalue weighted by molar-refractivity contribution is 6.11. The van der Waals surface area contributed by atoms with Crippen molar-refractivity contribution in [2.24, 2.45) is 18.0 Å². The number of carbonyl (C=O) groups is 2. The Bertz CT molecular complexity index is 714. The van der Waals surface area contributed by atoms with Crippen LogP contribution < -0.4 is 0 Å². The molecule has 0 radical (unpaired) electrons. The molecule has 2 unspecified atom stereocenters. The van der Waals surface area contributed by atoms with Crippen molar-refractivity contribution in [3.8, 4) is 0 Å². The second-order valence-electron chi connectivity index (χ2n) is 5.99. The predicted molar refractivity (Wildman–Crippen MR) is 85.1 cm³/mol. The van der Waals surface area contributed by atoms with Crippen molar-refractivity contribution < 1.29 is 14.3 Å². The van der Waals surface area contributed by atoms with Gasteiger partial charge in [-0.2, -0.15) is 0 Å². The molecule has 1 aromatic heterocycles. The molecule has 0 saturated heterocycles. The van der Waals surface area contributed by atoms with Crippen molar-refractivity contribution in [2.75, 3.05) is 6.61 Å². The van der Waals surface area contributed by atoms with Gasteiger partial charge in [-0.3, -0.25) is 9.79 Å². The second-order valence-corrected chi connectivity index (χ2v) is 5.99. The van der Waals surface area contributed by atoms with Gasteiger partial charge < -0.3 is 9.30 Å². The number of esters is 1. The van der Waals surface area contributed by atoms with Crippen LogP contribution in [0, 0.1) is 5.92 Å². The van der Waals surface area contributed by atoms with Crippen molar-refractivity contribution in [3.63, 3.8) is 0 Å². The zero-order chi connectivity index (χ0) is 16.6. The Labute approximate surface area is 135 Å². The normalized spacial score (nSPS) is 24.3. The van der Waals surface area contributed by atoms with Gasteiger partial charge in [-0.15, -0.1) is 0 Å². The van der Waals surface area contributed by atoms with Gasteiger partial charge in [-0.25, -0.2) is 9.78 Å². The highest BCUT2D eigenvalue weighted by atomic mass is 16.5. The molecule has 0 bridgehead atoms. The molecule has 0 aromatic carbocycles. The number of allylic oxidation sites excluding steroid dienone is 1. The van der Waals surface area contributed by atoms with E-state index in [0.29, 0.717) is 23.5 Å². The Morgan fingerprint density at radius 1 is 1.39 bits per heavy atom. The third kappa shape index (κ3) is 2.62. The van der Waals surface area contributed by atoms with E-state index in [4.69, 9.17) is 4.74 Å². The monoisotopic (exact) mass is 315 g/mol. The van der Waals surface area contributed by atoms with Crippen LogP contribution in [0.3, 0.4) is 0 Å². The zero-order valence-electron chi connectivity index (χ0n) is 13.7. The minimum absolute atomic E-state index is 0.136. The number of rotatable bonds is 3. The topological polar surface area (TPSA) is 73.6 Å². The summed E-state index contributed by atoms with van der Waals surface area (Å²) in [6.45, 7) is 3.87. The average molecular weight is 315 g/mol. The van der Waals surface area contributed by atoms with E-state index in [2.05, 4.69) is 9.98 Å². The summed E-state index contributed by atoms with van der Waals surface area (Å²) >= 11 is 0. The molecular weight excluding hydrogens is 294 g/mol. The Balaban J connectivity index is 2.16. The predicted octanol–water partition coefficient (Wildman–Crippen LogP) is 2.16. The van der Waals surface area contributed by atoms with Crippen molar-refractivity contribution in [3.05, 3.63) is 29.5 Å². The Kier molecular flexibility index (Phi) is 4.15. The van der Waals surface area contributed by atoms with E-state index in [-0.39, 0.29) is 12.4 Å². The van der Waals surface area contributed by atoms with Gasteiger partial charge in [0.2, 0.25) is 0 Å². The third-order valence-electron chi connectivity index (χ3n) is 4.54. The number of ether oxygens (including phenoxy) is 1. The van der Waals surface area contributed by atoms with Crippen LogP contribution >= 0.6 is 0 Å². The third-order valence-corrected chi connectivity index (χ3v) is 4.54. The van der Waals surface area contributed by atoms with E-state index >= 15 is 0 Å². The molecule has 6 nitrogen and oxygen atoms in total. The number of carbonyl (C=O) groups excluding carboxylic acids is 2. The fraction of sp³-hybridized carbons (Fsp3) is 0.529. The van der Waals surface area contributed by atoms with Crippen LogP contribution in [0.25, 0.3) is 0 Å². The number of aromatic nitrogens is 2. The molecule has 122 valence electrons. The summed E-state index contributed by atoms with van der Waals surface area (Å²) in [5, 5.41) is 0. The molecule has 1 aliphatic heterocycles. The lowest BCUT2D eigenvalue weighted by Gasteiger charge is -2.34. The summed E-state index contributed by atoms with van der Waals surface area (Å²) in [5.74, 6) is -0.362. The SMILES string of the molecule is CCOC(=O)C1=C(C)N=C2CCCC(=O)C2C1c1nccn1C. The van der Waals surface area contributed by atoms with Gasteiger partial charge in [-0.1, -0.05) is 0 Å². The smallest absolute Gasteiger partial charge is 0.336 e. The minimum atomic E-state index is -0.408. The summed E-state index contributed by atoms with van der Waals surface area (Å²) in [5.41, 5.74) is 1.97. The van der Waals surface area contributed by atoms with Crippen molar-refractivity contribution in [2.45, 2.75) is 39.0 Å². The molecule has 1 fully saturated rings. The second kappa shape index (κ2) is 6.10. The number of imidazole rings is 1. The molecular formula is C17H21N3O3. The molecule has 2 heterocycles. The largest absolute Gasteiger partial charge is 0.463 e. The van der Waals surface area contributed by atoms with E-state index in [9.17, 15) is 9.59 Å². The maximum Gasteiger partial charge on any atom is 0.336 e. The van der Waals surface area contributed by atoms with Gasteiger partial charge in [0.15, 0.2) is 0 Å². The Morgan fingerprint density at radius 3 is 2.83 bits per heavy atom. The molecule has 3 rings (SSSR count). The van der Waals surface area contributed by atoms with Crippen molar-refractivity contribution in [1.29, 1.82) is 0 Å². The Morgan fingerprint density at radius 2 is 2.17 bits per heavy atom. The van der Waals surface area contributed by atoms with Gasteiger partial charge in [0.05, 0.1) is 24.0 Å². The number of ketones is 1. The van der Waals surface area contributed by atoms with Crippen LogP contribution in [-0.2, 0) is 21.4 Å². The molecule has 0 N–H and O–H groups in total. The number of nitrogens with zero attached hydrogens (tertiary/aromatic N) is 3. The van der Waals surface area contributed by atoms with Crippen LogP contribution in [-0.4, -0.2) is 33.6 Å². The molecule has 0 amide bonds. The first-order chi connectivity index (χ1) is 11.0.